The Kier molecular flexibility index (Phi) is 2.52. The zero-order valence-corrected chi connectivity index (χ0v) is 8.32. The Hall–Kier alpha value is -0.940. The number of piperazine rings is 1. The van der Waals surface area contributed by atoms with Crippen molar-refractivity contribution >= 4 is 11.8 Å². The van der Waals surface area contributed by atoms with Crippen molar-refractivity contribution in [2.75, 3.05) is 33.2 Å². The lowest BCUT2D eigenvalue weighted by Gasteiger charge is -2.30. The molecule has 0 aliphatic carbocycles. The maximum Gasteiger partial charge on any atom is 0.243 e. The van der Waals surface area contributed by atoms with E-state index in [1.807, 2.05) is 7.05 Å². The number of likely N-dealkylation sites (tertiary alicyclic amines) is 1. The summed E-state index contributed by atoms with van der Waals surface area (Å²) in [6, 6.07) is 0.0992. The summed E-state index contributed by atoms with van der Waals surface area (Å²) in [6.45, 7) is 2.38. The van der Waals surface area contributed by atoms with Gasteiger partial charge in [-0.25, -0.2) is 0 Å². The summed E-state index contributed by atoms with van der Waals surface area (Å²) in [6.07, 6.45) is 0.911. The van der Waals surface area contributed by atoms with Crippen molar-refractivity contribution < 1.29 is 9.59 Å². The molecule has 0 aromatic carbocycles. The number of hydrogen-bond donors (Lipinski definition) is 1. The Morgan fingerprint density at radius 1 is 1.29 bits per heavy atom. The van der Waals surface area contributed by atoms with Crippen molar-refractivity contribution in [2.24, 2.45) is 0 Å². The molecule has 1 unspecified atom stereocenters. The third-order valence-corrected chi connectivity index (χ3v) is 2.82. The normalized spacial score (nSPS) is 30.1. The number of nitrogens with one attached hydrogen (secondary N) is 1. The van der Waals surface area contributed by atoms with E-state index in [9.17, 15) is 9.59 Å². The third kappa shape index (κ3) is 1.65. The third-order valence-electron chi connectivity index (χ3n) is 2.82. The molecule has 0 radical (unpaired) electrons. The molecule has 0 aromatic heterocycles. The van der Waals surface area contributed by atoms with Crippen LogP contribution in [0.15, 0.2) is 0 Å². The summed E-state index contributed by atoms with van der Waals surface area (Å²) < 4.78 is 0. The fraction of sp³-hybridized carbons (Fsp3) is 0.778. The number of likely N-dealkylation sites (N-methyl/N-ethyl adjacent to an activating group) is 1. The number of nitrogens with zero attached hydrogens (tertiary/aromatic N) is 2. The van der Waals surface area contributed by atoms with Crippen molar-refractivity contribution in [2.45, 2.75) is 12.5 Å². The van der Waals surface area contributed by atoms with Crippen LogP contribution in [0.3, 0.4) is 0 Å². The first-order valence-corrected chi connectivity index (χ1v) is 4.92. The SMILES string of the molecule is CN1CCC(N2C(=O)CNCC2=O)C1. The van der Waals surface area contributed by atoms with E-state index in [0.717, 1.165) is 19.5 Å². The van der Waals surface area contributed by atoms with Crippen LogP contribution >= 0.6 is 0 Å². The van der Waals surface area contributed by atoms with Crippen molar-refractivity contribution in [3.63, 3.8) is 0 Å². The van der Waals surface area contributed by atoms with E-state index in [1.54, 1.807) is 0 Å². The van der Waals surface area contributed by atoms with Gasteiger partial charge in [-0.1, -0.05) is 0 Å². The van der Waals surface area contributed by atoms with E-state index < -0.39 is 0 Å². The van der Waals surface area contributed by atoms with E-state index in [4.69, 9.17) is 0 Å². The van der Waals surface area contributed by atoms with Gasteiger partial charge in [0.05, 0.1) is 19.1 Å². The second-order valence-electron chi connectivity index (χ2n) is 3.97. The van der Waals surface area contributed by atoms with Crippen molar-refractivity contribution in [1.29, 1.82) is 0 Å². The van der Waals surface area contributed by atoms with Gasteiger partial charge >= 0.3 is 0 Å². The lowest BCUT2D eigenvalue weighted by Crippen LogP contribution is -2.56. The molecule has 2 fully saturated rings. The largest absolute Gasteiger partial charge is 0.304 e. The van der Waals surface area contributed by atoms with Gasteiger partial charge in [-0.05, 0) is 20.0 Å². The lowest BCUT2D eigenvalue weighted by molar-refractivity contribution is -0.149. The molecule has 2 saturated heterocycles. The van der Waals surface area contributed by atoms with Crippen LogP contribution in [0.2, 0.25) is 0 Å². The van der Waals surface area contributed by atoms with Gasteiger partial charge in [0.1, 0.15) is 0 Å². The molecular weight excluding hydrogens is 182 g/mol. The molecule has 1 N–H and O–H groups in total. The minimum atomic E-state index is -0.0819. The quantitative estimate of drug-likeness (QED) is 0.528. The molecule has 2 aliphatic heterocycles. The molecule has 5 heteroatoms. The highest BCUT2D eigenvalue weighted by Crippen LogP contribution is 2.15. The van der Waals surface area contributed by atoms with Gasteiger partial charge in [-0.2, -0.15) is 0 Å². The van der Waals surface area contributed by atoms with Gasteiger partial charge in [0.25, 0.3) is 0 Å². The first-order chi connectivity index (χ1) is 6.68. The topological polar surface area (TPSA) is 52.6 Å². The van der Waals surface area contributed by atoms with E-state index in [2.05, 4.69) is 10.2 Å². The maximum atomic E-state index is 11.5. The van der Waals surface area contributed by atoms with Crippen LogP contribution in [0, 0.1) is 0 Å². The molecule has 5 nitrogen and oxygen atoms in total. The molecule has 78 valence electrons. The molecule has 0 bridgehead atoms. The van der Waals surface area contributed by atoms with E-state index in [1.165, 1.54) is 4.90 Å². The van der Waals surface area contributed by atoms with E-state index >= 15 is 0 Å². The first kappa shape index (κ1) is 9.61. The van der Waals surface area contributed by atoms with Crippen LogP contribution < -0.4 is 5.32 Å². The van der Waals surface area contributed by atoms with Crippen molar-refractivity contribution in [1.82, 2.24) is 15.1 Å². The number of hydrogen-bond acceptors (Lipinski definition) is 4. The Balaban J connectivity index is 2.07. The van der Waals surface area contributed by atoms with Crippen LogP contribution in [0.4, 0.5) is 0 Å². The molecule has 14 heavy (non-hydrogen) atoms. The predicted octanol–water partition coefficient (Wildman–Crippen LogP) is -1.35. The smallest absolute Gasteiger partial charge is 0.243 e. The molecule has 2 heterocycles. The van der Waals surface area contributed by atoms with E-state index in [0.29, 0.717) is 13.1 Å². The monoisotopic (exact) mass is 197 g/mol. The van der Waals surface area contributed by atoms with Gasteiger partial charge in [0.2, 0.25) is 11.8 Å². The second-order valence-corrected chi connectivity index (χ2v) is 3.97. The summed E-state index contributed by atoms with van der Waals surface area (Å²) in [5.41, 5.74) is 0. The Labute approximate surface area is 83.0 Å². The summed E-state index contributed by atoms with van der Waals surface area (Å²) in [4.78, 5) is 26.6. The molecule has 1 atom stereocenters. The van der Waals surface area contributed by atoms with Gasteiger partial charge < -0.3 is 4.90 Å². The highest BCUT2D eigenvalue weighted by molar-refractivity contribution is 5.99. The maximum absolute atomic E-state index is 11.5. The number of carbonyl (C=O) groups is 2. The molecular formula is C9H15N3O2. The van der Waals surface area contributed by atoms with Crippen LogP contribution in [-0.4, -0.2) is 60.9 Å². The zero-order chi connectivity index (χ0) is 10.1. The summed E-state index contributed by atoms with van der Waals surface area (Å²) in [5, 5.41) is 2.79. The zero-order valence-electron chi connectivity index (χ0n) is 8.32. The highest BCUT2D eigenvalue weighted by atomic mass is 16.2. The molecule has 0 aromatic rings. The lowest BCUT2D eigenvalue weighted by atomic mass is 10.2. The summed E-state index contributed by atoms with van der Waals surface area (Å²) in [5.74, 6) is -0.164. The molecule has 0 spiro atoms. The van der Waals surface area contributed by atoms with Gasteiger partial charge in [0.15, 0.2) is 0 Å². The fourth-order valence-electron chi connectivity index (χ4n) is 2.12. The molecule has 2 rings (SSSR count). The van der Waals surface area contributed by atoms with Crippen molar-refractivity contribution in [3.05, 3.63) is 0 Å². The fourth-order valence-corrected chi connectivity index (χ4v) is 2.12. The number of amides is 2. The highest BCUT2D eigenvalue weighted by Gasteiger charge is 2.35. The number of imide groups is 1. The van der Waals surface area contributed by atoms with Gasteiger partial charge in [-0.15, -0.1) is 0 Å². The first-order valence-electron chi connectivity index (χ1n) is 4.92. The van der Waals surface area contributed by atoms with Crippen molar-refractivity contribution in [3.8, 4) is 0 Å². The minimum absolute atomic E-state index is 0.0819. The number of carbonyl (C=O) groups excluding carboxylic acids is 2. The standard InChI is InChI=1S/C9H15N3O2/c1-11-3-2-7(6-11)12-8(13)4-10-5-9(12)14/h7,10H,2-6H2,1H3. The molecule has 2 amide bonds. The summed E-state index contributed by atoms with van der Waals surface area (Å²) >= 11 is 0. The average molecular weight is 197 g/mol. The average Bonchev–Trinajstić information content (AvgIpc) is 2.51. The predicted molar refractivity (Wildman–Crippen MR) is 50.6 cm³/mol. The van der Waals surface area contributed by atoms with Crippen LogP contribution in [0.25, 0.3) is 0 Å². The minimum Gasteiger partial charge on any atom is -0.304 e. The van der Waals surface area contributed by atoms with Crippen LogP contribution in [0.1, 0.15) is 6.42 Å². The van der Waals surface area contributed by atoms with E-state index in [-0.39, 0.29) is 17.9 Å². The Morgan fingerprint density at radius 3 is 2.43 bits per heavy atom. The van der Waals surface area contributed by atoms with Gasteiger partial charge in [-0.3, -0.25) is 19.8 Å². The Morgan fingerprint density at radius 2 is 1.93 bits per heavy atom. The second kappa shape index (κ2) is 3.67. The number of rotatable bonds is 1. The molecule has 0 saturated carbocycles. The summed E-state index contributed by atoms with van der Waals surface area (Å²) in [7, 11) is 2.01. The van der Waals surface area contributed by atoms with Crippen LogP contribution in [0.5, 0.6) is 0 Å². The van der Waals surface area contributed by atoms with Crippen LogP contribution in [-0.2, 0) is 9.59 Å². The Bertz CT molecular complexity index is 251. The van der Waals surface area contributed by atoms with Gasteiger partial charge in [0, 0.05) is 6.54 Å². The molecule has 2 aliphatic rings.